The molecule has 0 aromatic carbocycles. The zero-order valence-corrected chi connectivity index (χ0v) is 9.45. The van der Waals surface area contributed by atoms with Crippen molar-refractivity contribution < 1.29 is 14.7 Å². The fourth-order valence-electron chi connectivity index (χ4n) is 2.04. The molecule has 0 aromatic heterocycles. The van der Waals surface area contributed by atoms with Gasteiger partial charge in [0, 0.05) is 18.4 Å². The van der Waals surface area contributed by atoms with E-state index in [-0.39, 0.29) is 12.0 Å². The fraction of sp³-hybridized carbons (Fsp3) is 0.818. The maximum atomic E-state index is 11.3. The average Bonchev–Trinajstić information content (AvgIpc) is 2.33. The van der Waals surface area contributed by atoms with Crippen LogP contribution in [0.25, 0.3) is 0 Å². The molecule has 0 spiro atoms. The molecule has 86 valence electrons. The van der Waals surface area contributed by atoms with Crippen molar-refractivity contribution in [2.75, 3.05) is 13.1 Å². The van der Waals surface area contributed by atoms with E-state index in [9.17, 15) is 9.59 Å². The molecular weight excluding hydrogens is 194 g/mol. The zero-order chi connectivity index (χ0) is 11.5. The third-order valence-electron chi connectivity index (χ3n) is 2.92. The van der Waals surface area contributed by atoms with Gasteiger partial charge >= 0.3 is 5.97 Å². The predicted molar refractivity (Wildman–Crippen MR) is 56.8 cm³/mol. The van der Waals surface area contributed by atoms with Gasteiger partial charge in [0.1, 0.15) is 5.78 Å². The normalized spacial score (nSPS) is 20.8. The number of Topliss-reactive ketones (excluding diaryl/α,β-unsaturated/α-hetero) is 1. The minimum atomic E-state index is -0.744. The first-order valence-corrected chi connectivity index (χ1v) is 5.40. The van der Waals surface area contributed by atoms with E-state index in [1.807, 2.05) is 0 Å². The summed E-state index contributed by atoms with van der Waals surface area (Å²) >= 11 is 0. The second-order valence-electron chi connectivity index (χ2n) is 4.80. The molecule has 0 aliphatic carbocycles. The molecule has 4 heteroatoms. The van der Waals surface area contributed by atoms with Gasteiger partial charge in [0.15, 0.2) is 0 Å². The van der Waals surface area contributed by atoms with Crippen LogP contribution in [0, 0.1) is 0 Å². The van der Waals surface area contributed by atoms with E-state index in [0.29, 0.717) is 25.2 Å². The van der Waals surface area contributed by atoms with Gasteiger partial charge in [0.05, 0.1) is 6.54 Å². The highest BCUT2D eigenvalue weighted by atomic mass is 16.4. The quantitative estimate of drug-likeness (QED) is 0.699. The Bertz CT molecular complexity index is 261. The van der Waals surface area contributed by atoms with E-state index >= 15 is 0 Å². The standard InChI is InChI=1S/C11H19NO3/c1-11(2)7-9(13)8-12(11)6-4-3-5-10(14)15/h3-8H2,1-2H3,(H,14,15). The van der Waals surface area contributed by atoms with E-state index in [2.05, 4.69) is 18.7 Å². The van der Waals surface area contributed by atoms with Crippen molar-refractivity contribution in [2.24, 2.45) is 0 Å². The first kappa shape index (κ1) is 12.2. The highest BCUT2D eigenvalue weighted by molar-refractivity contribution is 5.84. The van der Waals surface area contributed by atoms with Crippen LogP contribution in [0.4, 0.5) is 0 Å². The minimum absolute atomic E-state index is 0.0414. The molecular formula is C11H19NO3. The summed E-state index contributed by atoms with van der Waals surface area (Å²) in [5.41, 5.74) is -0.0414. The molecule has 1 N–H and O–H groups in total. The third-order valence-corrected chi connectivity index (χ3v) is 2.92. The van der Waals surface area contributed by atoms with Gasteiger partial charge < -0.3 is 5.11 Å². The third kappa shape index (κ3) is 3.63. The van der Waals surface area contributed by atoms with Crippen LogP contribution in [0.3, 0.4) is 0 Å². The van der Waals surface area contributed by atoms with Gasteiger partial charge in [0.25, 0.3) is 0 Å². The van der Waals surface area contributed by atoms with Crippen molar-refractivity contribution >= 4 is 11.8 Å². The van der Waals surface area contributed by atoms with E-state index in [1.54, 1.807) is 0 Å². The molecule has 0 unspecified atom stereocenters. The summed E-state index contributed by atoms with van der Waals surface area (Å²) in [5, 5.41) is 8.48. The molecule has 1 aliphatic heterocycles. The number of unbranched alkanes of at least 4 members (excludes halogenated alkanes) is 1. The summed E-state index contributed by atoms with van der Waals surface area (Å²) in [6, 6.07) is 0. The van der Waals surface area contributed by atoms with Gasteiger partial charge in [-0.15, -0.1) is 0 Å². The summed E-state index contributed by atoms with van der Waals surface area (Å²) in [7, 11) is 0. The van der Waals surface area contributed by atoms with Crippen molar-refractivity contribution in [1.29, 1.82) is 0 Å². The first-order chi connectivity index (χ1) is 6.92. The number of aliphatic carboxylic acids is 1. The molecule has 0 atom stereocenters. The Hall–Kier alpha value is -0.900. The van der Waals surface area contributed by atoms with Gasteiger partial charge in [-0.25, -0.2) is 0 Å². The topological polar surface area (TPSA) is 57.6 Å². The van der Waals surface area contributed by atoms with Crippen LogP contribution in [0.2, 0.25) is 0 Å². The Morgan fingerprint density at radius 3 is 2.60 bits per heavy atom. The van der Waals surface area contributed by atoms with Gasteiger partial charge in [-0.05, 0) is 33.2 Å². The summed E-state index contributed by atoms with van der Waals surface area (Å²) in [6.07, 6.45) is 2.38. The summed E-state index contributed by atoms with van der Waals surface area (Å²) < 4.78 is 0. The number of carboxylic acid groups (broad SMARTS) is 1. The number of nitrogens with zero attached hydrogens (tertiary/aromatic N) is 1. The maximum Gasteiger partial charge on any atom is 0.303 e. The molecule has 4 nitrogen and oxygen atoms in total. The fourth-order valence-corrected chi connectivity index (χ4v) is 2.04. The lowest BCUT2D eigenvalue weighted by molar-refractivity contribution is -0.137. The van der Waals surface area contributed by atoms with Crippen LogP contribution in [-0.4, -0.2) is 40.4 Å². The highest BCUT2D eigenvalue weighted by Crippen LogP contribution is 2.26. The molecule has 1 rings (SSSR count). The molecule has 15 heavy (non-hydrogen) atoms. The number of carboxylic acids is 1. The Kier molecular flexibility index (Phi) is 3.85. The van der Waals surface area contributed by atoms with E-state index in [4.69, 9.17) is 5.11 Å². The maximum absolute atomic E-state index is 11.3. The molecule has 0 radical (unpaired) electrons. The number of ketones is 1. The van der Waals surface area contributed by atoms with Crippen molar-refractivity contribution in [3.8, 4) is 0 Å². The number of carbonyl (C=O) groups excluding carboxylic acids is 1. The summed E-state index contributed by atoms with van der Waals surface area (Å²) in [4.78, 5) is 23.7. The lowest BCUT2D eigenvalue weighted by Gasteiger charge is -2.30. The van der Waals surface area contributed by atoms with Crippen LogP contribution in [0.15, 0.2) is 0 Å². The first-order valence-electron chi connectivity index (χ1n) is 5.40. The molecule has 1 aliphatic rings. The highest BCUT2D eigenvalue weighted by Gasteiger charge is 2.36. The van der Waals surface area contributed by atoms with Crippen LogP contribution >= 0.6 is 0 Å². The van der Waals surface area contributed by atoms with Gasteiger partial charge in [-0.2, -0.15) is 0 Å². The minimum Gasteiger partial charge on any atom is -0.481 e. The number of hydrogen-bond acceptors (Lipinski definition) is 3. The smallest absolute Gasteiger partial charge is 0.303 e. The van der Waals surface area contributed by atoms with Gasteiger partial charge in [-0.3, -0.25) is 14.5 Å². The molecule has 1 saturated heterocycles. The zero-order valence-electron chi connectivity index (χ0n) is 9.45. The van der Waals surface area contributed by atoms with E-state index < -0.39 is 5.97 Å². The Morgan fingerprint density at radius 1 is 1.47 bits per heavy atom. The lowest BCUT2D eigenvalue weighted by Crippen LogP contribution is -2.38. The molecule has 0 saturated carbocycles. The molecule has 0 aromatic rings. The van der Waals surface area contributed by atoms with E-state index in [1.165, 1.54) is 0 Å². The number of hydrogen-bond donors (Lipinski definition) is 1. The van der Waals surface area contributed by atoms with Crippen molar-refractivity contribution in [3.05, 3.63) is 0 Å². The van der Waals surface area contributed by atoms with Crippen LogP contribution in [0.5, 0.6) is 0 Å². The number of likely N-dealkylation sites (tertiary alicyclic amines) is 1. The number of rotatable bonds is 5. The Labute approximate surface area is 90.3 Å². The monoisotopic (exact) mass is 213 g/mol. The van der Waals surface area contributed by atoms with Crippen molar-refractivity contribution in [2.45, 2.75) is 45.1 Å². The van der Waals surface area contributed by atoms with Crippen LogP contribution < -0.4 is 0 Å². The Morgan fingerprint density at radius 2 is 2.13 bits per heavy atom. The number of carbonyl (C=O) groups is 2. The molecule has 0 amide bonds. The SMILES string of the molecule is CC1(C)CC(=O)CN1CCCCC(=O)O. The lowest BCUT2D eigenvalue weighted by atomic mass is 10.0. The predicted octanol–water partition coefficient (Wildman–Crippen LogP) is 1.29. The van der Waals surface area contributed by atoms with Gasteiger partial charge in [0.2, 0.25) is 0 Å². The second kappa shape index (κ2) is 4.75. The Balaban J connectivity index is 2.27. The van der Waals surface area contributed by atoms with Crippen LogP contribution in [-0.2, 0) is 9.59 Å². The van der Waals surface area contributed by atoms with Crippen molar-refractivity contribution in [1.82, 2.24) is 4.90 Å². The van der Waals surface area contributed by atoms with Gasteiger partial charge in [-0.1, -0.05) is 0 Å². The largest absolute Gasteiger partial charge is 0.481 e. The second-order valence-corrected chi connectivity index (χ2v) is 4.80. The molecule has 0 bridgehead atoms. The van der Waals surface area contributed by atoms with Crippen molar-refractivity contribution in [3.63, 3.8) is 0 Å². The van der Waals surface area contributed by atoms with Crippen LogP contribution in [0.1, 0.15) is 39.5 Å². The summed E-state index contributed by atoms with van der Waals surface area (Å²) in [6.45, 7) is 5.48. The van der Waals surface area contributed by atoms with E-state index in [0.717, 1.165) is 13.0 Å². The molecule has 1 fully saturated rings. The average molecular weight is 213 g/mol. The summed E-state index contributed by atoms with van der Waals surface area (Å²) in [5.74, 6) is -0.454. The molecule has 1 heterocycles.